The van der Waals surface area contributed by atoms with Gasteiger partial charge in [-0.2, -0.15) is 0 Å². The van der Waals surface area contributed by atoms with E-state index in [4.69, 9.17) is 42.1 Å². The summed E-state index contributed by atoms with van der Waals surface area (Å²) in [7, 11) is 3.65. The summed E-state index contributed by atoms with van der Waals surface area (Å²) in [5, 5.41) is 101. The first kappa shape index (κ1) is 64.6. The molecule has 1 fully saturated rings. The number of phenolic OH excluding ortho intramolecular Hbond substituents is 6. The molecule has 7 aromatic rings. The first-order valence-electron chi connectivity index (χ1n) is 29.7. The minimum Gasteiger partial charge on any atom is -0.508 e. The van der Waals surface area contributed by atoms with E-state index in [9.17, 15) is 45.3 Å². The highest BCUT2D eigenvalue weighted by Crippen LogP contribution is 2.48. The second-order valence-corrected chi connectivity index (χ2v) is 24.2. The van der Waals surface area contributed by atoms with Crippen molar-refractivity contribution in [3.63, 3.8) is 0 Å². The first-order chi connectivity index (χ1) is 45.4. The zero-order valence-corrected chi connectivity index (χ0v) is 51.8. The fourth-order valence-electron chi connectivity index (χ4n) is 11.8. The molecule has 0 aliphatic carbocycles. The Bertz CT molecular complexity index is 4300. The van der Waals surface area contributed by atoms with Gasteiger partial charge < -0.3 is 102 Å². The molecule has 8 atom stereocenters. The van der Waals surface area contributed by atoms with E-state index in [0.717, 1.165) is 42.5 Å². The van der Waals surface area contributed by atoms with Crippen molar-refractivity contribution in [3.8, 4) is 80.1 Å². The van der Waals surface area contributed by atoms with E-state index in [-0.39, 0.29) is 117 Å². The Morgan fingerprint density at radius 3 is 1.84 bits per heavy atom. The maximum atomic E-state index is 16.0. The Balaban J connectivity index is 1.06. The lowest BCUT2D eigenvalue weighted by Gasteiger charge is -2.34. The van der Waals surface area contributed by atoms with Gasteiger partial charge in [0, 0.05) is 55.9 Å². The Hall–Kier alpha value is -10.6. The number of hydrogen-bond acceptors (Lipinski definition) is 20. The van der Waals surface area contributed by atoms with Crippen molar-refractivity contribution in [1.29, 1.82) is 0 Å². The SMILES string of the molecule is CN(C)CCN[C@H]1C(=O)N[C@@H]2Cc3ccc(c(Cl)c3)Oc3cc4cc(c3O)Oc3ccc(cc3Cl)[C@@H](O)[C@@H]3NC(=O)[C@H](NC(=O)[C@@H]4NC(=O)[C@@H](NC2=O)c2cc(O)cc(c2)Oc2cc1ccc2O)c1ccc(O)c(c1)-c1c(O)cc(O)cc1[C@@H](C(=O)N1CCOCC1)NC3=O. The van der Waals surface area contributed by atoms with Gasteiger partial charge in [0.05, 0.1) is 23.3 Å². The van der Waals surface area contributed by atoms with Crippen LogP contribution in [-0.4, -0.2) is 152 Å². The molecule has 7 aliphatic rings. The van der Waals surface area contributed by atoms with Crippen LogP contribution in [0.3, 0.4) is 0 Å². The molecular formula is C66H61Cl2N9O18. The number of aromatic hydroxyl groups is 6. The largest absolute Gasteiger partial charge is 0.508 e. The molecule has 0 saturated carbocycles. The fraction of sp³-hybridized carbons (Fsp3) is 0.258. The number of amides is 7. The van der Waals surface area contributed by atoms with Crippen LogP contribution < -0.4 is 51.4 Å². The van der Waals surface area contributed by atoms with Crippen LogP contribution in [0, 0.1) is 0 Å². The number of carbonyl (C=O) groups excluding carboxylic acids is 7. The predicted molar refractivity (Wildman–Crippen MR) is 337 cm³/mol. The molecule has 0 unspecified atom stereocenters. The Morgan fingerprint density at radius 1 is 0.558 bits per heavy atom. The van der Waals surface area contributed by atoms with Crippen molar-refractivity contribution >= 4 is 64.6 Å². The van der Waals surface area contributed by atoms with E-state index in [1.807, 2.05) is 19.0 Å². The van der Waals surface area contributed by atoms with Crippen molar-refractivity contribution in [2.24, 2.45) is 0 Å². The molecule has 7 heterocycles. The van der Waals surface area contributed by atoms with Crippen LogP contribution in [0.5, 0.6) is 69.0 Å². The predicted octanol–water partition coefficient (Wildman–Crippen LogP) is 4.95. The molecule has 7 aromatic carbocycles. The van der Waals surface area contributed by atoms with Gasteiger partial charge in [-0.05, 0) is 132 Å². The zero-order valence-electron chi connectivity index (χ0n) is 50.3. The number of benzene rings is 7. The summed E-state index contributed by atoms with van der Waals surface area (Å²) in [6.45, 7) is 0.934. The third-order valence-electron chi connectivity index (χ3n) is 16.6. The number of fused-ring (bicyclic) bond motifs is 14. The van der Waals surface area contributed by atoms with Gasteiger partial charge in [0.1, 0.15) is 88.6 Å². The highest BCUT2D eigenvalue weighted by molar-refractivity contribution is 6.32. The molecule has 0 aromatic heterocycles. The molecular weight excluding hydrogens is 1280 g/mol. The number of hydrogen-bond donors (Lipinski definition) is 14. The number of phenols is 6. The minimum atomic E-state index is -2.15. The van der Waals surface area contributed by atoms with Gasteiger partial charge in [0.25, 0.3) is 0 Å². The number of halogens is 2. The molecule has 14 N–H and O–H groups in total. The summed E-state index contributed by atoms with van der Waals surface area (Å²) in [6.07, 6.45) is -2.39. The van der Waals surface area contributed by atoms with E-state index in [2.05, 4.69) is 37.2 Å². The third-order valence-corrected chi connectivity index (χ3v) is 17.2. The standard InChI is InChI=1S/C66H61Cl2N9O18/c1-76(2)12-11-69-52-31-5-8-44(81)48(23-31)93-37-20-33(19-35(78)26-37)54-63(88)73-55-34-24-49(94-46-9-3-29(17-40(46)67)18-42(60(85)71-54)70-61(52)86)59(84)50(25-34)95-47-10-6-32(22-41(47)68)58(83)57-65(90)74-56(66(91)77-13-15-92-16-14-77)39-27-36(79)28-45(82)51(39)38-21-30(4-7-43(38)80)53(62(87)75-57)72-64(55)89/h3-10,17,19-28,42,52-58,69,78-84H,11-16,18H2,1-2H3,(H,70,86)(H,71,85)(H,72,89)(H,73,88)(H,74,90)(H,75,87)/t42-,52-,53-,54+,55-,56+,57+,58-/m1/s1. The Kier molecular flexibility index (Phi) is 18.0. The Labute approximate surface area is 550 Å². The molecule has 0 spiro atoms. The highest BCUT2D eigenvalue weighted by Gasteiger charge is 2.42. The normalized spacial score (nSPS) is 22.0. The first-order valence-corrected chi connectivity index (χ1v) is 30.5. The van der Waals surface area contributed by atoms with E-state index >= 15 is 24.0 Å². The lowest BCUT2D eigenvalue weighted by molar-refractivity contribution is -0.142. The average molecular weight is 1340 g/mol. The van der Waals surface area contributed by atoms with E-state index in [1.54, 1.807) is 0 Å². The number of likely N-dealkylation sites (N-methyl/N-ethyl adjacent to an activating group) is 1. The highest BCUT2D eigenvalue weighted by atomic mass is 35.5. The van der Waals surface area contributed by atoms with Gasteiger partial charge in [0.15, 0.2) is 23.0 Å². The number of rotatable bonds is 5. The quantitative estimate of drug-likeness (QED) is 0.108. The van der Waals surface area contributed by atoms with Gasteiger partial charge >= 0.3 is 0 Å². The van der Waals surface area contributed by atoms with Gasteiger partial charge in [0.2, 0.25) is 47.1 Å². The van der Waals surface area contributed by atoms with Gasteiger partial charge in [-0.1, -0.05) is 47.5 Å². The second-order valence-electron chi connectivity index (χ2n) is 23.4. The molecule has 27 nitrogen and oxygen atoms in total. The van der Waals surface area contributed by atoms with Gasteiger partial charge in [-0.3, -0.25) is 33.6 Å². The van der Waals surface area contributed by atoms with Crippen molar-refractivity contribution < 1.29 is 88.3 Å². The van der Waals surface area contributed by atoms with Crippen molar-refractivity contribution in [3.05, 3.63) is 164 Å². The average Bonchev–Trinajstić information content (AvgIpc) is 0.779. The molecule has 7 amide bonds. The van der Waals surface area contributed by atoms with E-state index in [0.29, 0.717) is 12.1 Å². The molecule has 29 heteroatoms. The van der Waals surface area contributed by atoms with Crippen LogP contribution >= 0.6 is 23.2 Å². The number of nitrogens with one attached hydrogen (secondary N) is 7. The molecule has 1 saturated heterocycles. The molecule has 7 aliphatic heterocycles. The maximum Gasteiger partial charge on any atom is 0.249 e. The summed E-state index contributed by atoms with van der Waals surface area (Å²) in [6, 6.07) is 10.4. The molecule has 17 bridgehead atoms. The smallest absolute Gasteiger partial charge is 0.249 e. The number of morpholine rings is 1. The van der Waals surface area contributed by atoms with Crippen molar-refractivity contribution in [2.75, 3.05) is 53.5 Å². The Morgan fingerprint density at radius 2 is 1.16 bits per heavy atom. The molecule has 0 radical (unpaired) electrons. The van der Waals surface area contributed by atoms with E-state index < -0.39 is 136 Å². The number of aliphatic hydroxyl groups excluding tert-OH is 1. The summed E-state index contributed by atoms with van der Waals surface area (Å²) in [4.78, 5) is 110. The monoisotopic (exact) mass is 1340 g/mol. The molecule has 95 heavy (non-hydrogen) atoms. The third kappa shape index (κ3) is 13.4. The minimum absolute atomic E-state index is 0.0292. The second kappa shape index (κ2) is 26.5. The number of carbonyl (C=O) groups is 7. The van der Waals surface area contributed by atoms with Crippen LogP contribution in [0.2, 0.25) is 10.0 Å². The maximum absolute atomic E-state index is 16.0. The van der Waals surface area contributed by atoms with Crippen molar-refractivity contribution in [2.45, 2.75) is 54.8 Å². The van der Waals surface area contributed by atoms with E-state index in [1.165, 1.54) is 77.7 Å². The molecule has 492 valence electrons. The van der Waals surface area contributed by atoms with Crippen LogP contribution in [0.1, 0.15) is 75.3 Å². The summed E-state index contributed by atoms with van der Waals surface area (Å²) in [5.41, 5.74) is -1.15. The lowest BCUT2D eigenvalue weighted by atomic mass is 9.89. The zero-order chi connectivity index (χ0) is 67.3. The number of ether oxygens (including phenoxy) is 4. The van der Waals surface area contributed by atoms with Crippen LogP contribution in [0.25, 0.3) is 11.1 Å². The van der Waals surface area contributed by atoms with Crippen LogP contribution in [0.4, 0.5) is 0 Å². The fourth-order valence-corrected chi connectivity index (χ4v) is 12.3. The number of nitrogens with zero attached hydrogens (tertiary/aromatic N) is 2. The lowest BCUT2D eigenvalue weighted by Crippen LogP contribution is -2.56. The van der Waals surface area contributed by atoms with Crippen molar-refractivity contribution in [1.82, 2.24) is 47.0 Å². The van der Waals surface area contributed by atoms with Gasteiger partial charge in [-0.25, -0.2) is 0 Å². The number of aliphatic hydroxyl groups is 1. The molecule has 14 rings (SSSR count). The summed E-state index contributed by atoms with van der Waals surface area (Å²) in [5.74, 6) is -12.9. The topological polar surface area (TPSA) is 389 Å². The van der Waals surface area contributed by atoms with Gasteiger partial charge in [-0.15, -0.1) is 0 Å². The summed E-state index contributed by atoms with van der Waals surface area (Å²) < 4.78 is 24.3. The summed E-state index contributed by atoms with van der Waals surface area (Å²) >= 11 is 13.9. The van der Waals surface area contributed by atoms with Crippen LogP contribution in [0.15, 0.2) is 115 Å². The van der Waals surface area contributed by atoms with Crippen LogP contribution in [-0.2, 0) is 44.7 Å².